The van der Waals surface area contributed by atoms with Crippen LogP contribution in [0, 0.1) is 12.8 Å². The van der Waals surface area contributed by atoms with Crippen molar-refractivity contribution in [2.75, 3.05) is 0 Å². The van der Waals surface area contributed by atoms with E-state index in [2.05, 4.69) is 17.3 Å². The van der Waals surface area contributed by atoms with Gasteiger partial charge in [0.2, 0.25) is 0 Å². The van der Waals surface area contributed by atoms with Crippen molar-refractivity contribution in [3.05, 3.63) is 17.5 Å². The quantitative estimate of drug-likeness (QED) is 0.872. The summed E-state index contributed by atoms with van der Waals surface area (Å²) in [4.78, 5) is 12.1. The van der Waals surface area contributed by atoms with E-state index in [-0.39, 0.29) is 5.91 Å². The summed E-state index contributed by atoms with van der Waals surface area (Å²) in [5.74, 6) is 0.754. The Labute approximate surface area is 102 Å². The molecule has 94 valence electrons. The van der Waals surface area contributed by atoms with Crippen LogP contribution in [0.5, 0.6) is 0 Å². The van der Waals surface area contributed by atoms with Crippen molar-refractivity contribution in [2.45, 2.75) is 52.6 Å². The predicted octanol–water partition coefficient (Wildman–Crippen LogP) is 2.13. The van der Waals surface area contributed by atoms with Crippen molar-refractivity contribution in [3.8, 4) is 0 Å². The summed E-state index contributed by atoms with van der Waals surface area (Å²) in [5, 5.41) is 7.41. The maximum absolute atomic E-state index is 12.1. The molecule has 2 unspecified atom stereocenters. The Balaban J connectivity index is 2.04. The highest BCUT2D eigenvalue weighted by Gasteiger charge is 2.24. The molecule has 1 N–H and O–H groups in total. The van der Waals surface area contributed by atoms with Gasteiger partial charge >= 0.3 is 0 Å². The van der Waals surface area contributed by atoms with Gasteiger partial charge in [0.25, 0.3) is 5.91 Å². The largest absolute Gasteiger partial charge is 0.348 e. The van der Waals surface area contributed by atoms with E-state index in [1.54, 1.807) is 4.68 Å². The summed E-state index contributed by atoms with van der Waals surface area (Å²) in [7, 11) is 0. The first-order chi connectivity index (χ1) is 8.10. The average Bonchev–Trinajstić information content (AvgIpc) is 2.84. The van der Waals surface area contributed by atoms with E-state index in [4.69, 9.17) is 0 Å². The second-order valence-corrected chi connectivity index (χ2v) is 5.08. The fourth-order valence-corrected chi connectivity index (χ4v) is 2.57. The Hall–Kier alpha value is -1.32. The Morgan fingerprint density at radius 2 is 2.35 bits per heavy atom. The monoisotopic (exact) mass is 235 g/mol. The highest BCUT2D eigenvalue weighted by atomic mass is 16.2. The smallest absolute Gasteiger partial charge is 0.269 e. The van der Waals surface area contributed by atoms with Gasteiger partial charge in [0, 0.05) is 12.6 Å². The normalized spacial score (nSPS) is 23.9. The minimum Gasteiger partial charge on any atom is -0.348 e. The molecule has 1 aliphatic carbocycles. The van der Waals surface area contributed by atoms with E-state index >= 15 is 0 Å². The van der Waals surface area contributed by atoms with Gasteiger partial charge in [0.15, 0.2) is 0 Å². The van der Waals surface area contributed by atoms with E-state index in [1.807, 2.05) is 19.9 Å². The number of rotatable bonds is 3. The minimum absolute atomic E-state index is 0.0200. The SMILES string of the molecule is CCn1nc(C)cc1C(=O)NC1CCC(C)C1. The lowest BCUT2D eigenvalue weighted by Crippen LogP contribution is -2.34. The molecule has 0 radical (unpaired) electrons. The van der Waals surface area contributed by atoms with Crippen molar-refractivity contribution < 1.29 is 4.79 Å². The van der Waals surface area contributed by atoms with E-state index in [0.717, 1.165) is 31.0 Å². The molecule has 1 fully saturated rings. The highest BCUT2D eigenvalue weighted by molar-refractivity contribution is 5.92. The molecule has 17 heavy (non-hydrogen) atoms. The molecule has 0 spiro atoms. The third-order valence-electron chi connectivity index (χ3n) is 3.46. The lowest BCUT2D eigenvalue weighted by molar-refractivity contribution is 0.0926. The van der Waals surface area contributed by atoms with Gasteiger partial charge in [0.1, 0.15) is 5.69 Å². The molecule has 0 aromatic carbocycles. The van der Waals surface area contributed by atoms with E-state index in [1.165, 1.54) is 6.42 Å². The van der Waals surface area contributed by atoms with Gasteiger partial charge in [-0.2, -0.15) is 5.10 Å². The van der Waals surface area contributed by atoms with E-state index in [9.17, 15) is 4.79 Å². The molecule has 0 saturated heterocycles. The van der Waals surface area contributed by atoms with Gasteiger partial charge in [-0.05, 0) is 45.1 Å². The number of aryl methyl sites for hydroxylation is 2. The third kappa shape index (κ3) is 2.68. The Kier molecular flexibility index (Phi) is 3.50. The number of aromatic nitrogens is 2. The van der Waals surface area contributed by atoms with Crippen LogP contribution in [0.15, 0.2) is 6.07 Å². The average molecular weight is 235 g/mol. The summed E-state index contributed by atoms with van der Waals surface area (Å²) < 4.78 is 1.77. The van der Waals surface area contributed by atoms with Gasteiger partial charge in [-0.3, -0.25) is 9.48 Å². The maximum Gasteiger partial charge on any atom is 0.269 e. The first-order valence-corrected chi connectivity index (χ1v) is 6.45. The van der Waals surface area contributed by atoms with Crippen LogP contribution in [-0.2, 0) is 6.54 Å². The summed E-state index contributed by atoms with van der Waals surface area (Å²) in [6, 6.07) is 2.20. The van der Waals surface area contributed by atoms with Crippen LogP contribution in [0.25, 0.3) is 0 Å². The minimum atomic E-state index is 0.0200. The van der Waals surface area contributed by atoms with Crippen LogP contribution in [0.3, 0.4) is 0 Å². The Morgan fingerprint density at radius 1 is 1.59 bits per heavy atom. The summed E-state index contributed by atoms with van der Waals surface area (Å²) in [6.07, 6.45) is 3.42. The molecule has 1 aromatic rings. The number of nitrogens with one attached hydrogen (secondary N) is 1. The first-order valence-electron chi connectivity index (χ1n) is 6.45. The molecule has 2 atom stereocenters. The summed E-state index contributed by atoms with van der Waals surface area (Å²) in [6.45, 7) is 6.89. The van der Waals surface area contributed by atoms with Gasteiger partial charge in [0.05, 0.1) is 5.69 Å². The van der Waals surface area contributed by atoms with Crippen LogP contribution >= 0.6 is 0 Å². The standard InChI is InChI=1S/C13H21N3O/c1-4-16-12(8-10(3)15-16)13(17)14-11-6-5-9(2)7-11/h8-9,11H,4-7H2,1-3H3,(H,14,17). The number of nitrogens with zero attached hydrogens (tertiary/aromatic N) is 2. The maximum atomic E-state index is 12.1. The zero-order valence-electron chi connectivity index (χ0n) is 10.9. The lowest BCUT2D eigenvalue weighted by Gasteiger charge is -2.12. The molecule has 1 saturated carbocycles. The molecule has 0 bridgehead atoms. The van der Waals surface area contributed by atoms with Crippen LogP contribution in [0.2, 0.25) is 0 Å². The Bertz CT molecular complexity index is 411. The molecule has 2 rings (SSSR count). The highest BCUT2D eigenvalue weighted by Crippen LogP contribution is 2.24. The molecular weight excluding hydrogens is 214 g/mol. The zero-order chi connectivity index (χ0) is 12.4. The molecular formula is C13H21N3O. The van der Waals surface area contributed by atoms with Crippen molar-refractivity contribution in [2.24, 2.45) is 5.92 Å². The Morgan fingerprint density at radius 3 is 2.94 bits per heavy atom. The second kappa shape index (κ2) is 4.90. The fourth-order valence-electron chi connectivity index (χ4n) is 2.57. The number of carbonyl (C=O) groups is 1. The van der Waals surface area contributed by atoms with Crippen LogP contribution in [0.1, 0.15) is 49.3 Å². The summed E-state index contributed by atoms with van der Waals surface area (Å²) >= 11 is 0. The fraction of sp³-hybridized carbons (Fsp3) is 0.692. The van der Waals surface area contributed by atoms with Crippen LogP contribution < -0.4 is 5.32 Å². The molecule has 4 heteroatoms. The number of carbonyl (C=O) groups excluding carboxylic acids is 1. The number of amides is 1. The molecule has 1 heterocycles. The van der Waals surface area contributed by atoms with E-state index < -0.39 is 0 Å². The van der Waals surface area contributed by atoms with Gasteiger partial charge in [-0.15, -0.1) is 0 Å². The lowest BCUT2D eigenvalue weighted by atomic mass is 10.1. The van der Waals surface area contributed by atoms with Gasteiger partial charge in [-0.25, -0.2) is 0 Å². The van der Waals surface area contributed by atoms with Gasteiger partial charge < -0.3 is 5.32 Å². The molecule has 0 aliphatic heterocycles. The third-order valence-corrected chi connectivity index (χ3v) is 3.46. The second-order valence-electron chi connectivity index (χ2n) is 5.08. The number of hydrogen-bond donors (Lipinski definition) is 1. The summed E-state index contributed by atoms with van der Waals surface area (Å²) in [5.41, 5.74) is 1.58. The van der Waals surface area contributed by atoms with E-state index in [0.29, 0.717) is 11.7 Å². The molecule has 1 aromatic heterocycles. The van der Waals surface area contributed by atoms with Crippen molar-refractivity contribution >= 4 is 5.91 Å². The first kappa shape index (κ1) is 12.1. The van der Waals surface area contributed by atoms with Crippen LogP contribution in [-0.4, -0.2) is 21.7 Å². The van der Waals surface area contributed by atoms with Crippen LogP contribution in [0.4, 0.5) is 0 Å². The molecule has 4 nitrogen and oxygen atoms in total. The zero-order valence-corrected chi connectivity index (χ0v) is 10.9. The van der Waals surface area contributed by atoms with Crippen molar-refractivity contribution in [1.29, 1.82) is 0 Å². The topological polar surface area (TPSA) is 46.9 Å². The predicted molar refractivity (Wildman–Crippen MR) is 66.9 cm³/mol. The molecule has 1 amide bonds. The van der Waals surface area contributed by atoms with Crippen molar-refractivity contribution in [3.63, 3.8) is 0 Å². The number of hydrogen-bond acceptors (Lipinski definition) is 2. The molecule has 1 aliphatic rings. The van der Waals surface area contributed by atoms with Crippen molar-refractivity contribution in [1.82, 2.24) is 15.1 Å². The van der Waals surface area contributed by atoms with Gasteiger partial charge in [-0.1, -0.05) is 6.92 Å².